The number of piperazine rings is 1. The van der Waals surface area contributed by atoms with Gasteiger partial charge >= 0.3 is 0 Å². The Labute approximate surface area is 146 Å². The molecule has 0 atom stereocenters. The predicted octanol–water partition coefficient (Wildman–Crippen LogP) is 1.73. The first-order valence-electron chi connectivity index (χ1n) is 8.38. The molecule has 4 rings (SSSR count). The summed E-state index contributed by atoms with van der Waals surface area (Å²) >= 11 is 0. The van der Waals surface area contributed by atoms with Crippen molar-refractivity contribution in [3.8, 4) is 11.5 Å². The lowest BCUT2D eigenvalue weighted by Crippen LogP contribution is -2.46. The first-order chi connectivity index (χ1) is 12.2. The largest absolute Gasteiger partial charge is 0.454 e. The van der Waals surface area contributed by atoms with Gasteiger partial charge in [-0.05, 0) is 24.6 Å². The number of anilines is 1. The number of benzene rings is 1. The lowest BCUT2D eigenvalue weighted by molar-refractivity contribution is 0.101. The van der Waals surface area contributed by atoms with Gasteiger partial charge in [-0.1, -0.05) is 6.07 Å². The highest BCUT2D eigenvalue weighted by molar-refractivity contribution is 5.93. The normalized spacial score (nSPS) is 16.9. The fourth-order valence-corrected chi connectivity index (χ4v) is 3.07. The molecule has 2 aliphatic rings. The maximum atomic E-state index is 11.3. The van der Waals surface area contributed by atoms with Crippen LogP contribution in [0.4, 0.5) is 5.95 Å². The van der Waals surface area contributed by atoms with Crippen molar-refractivity contribution >= 4 is 11.7 Å². The van der Waals surface area contributed by atoms with E-state index in [2.05, 4.69) is 31.9 Å². The van der Waals surface area contributed by atoms with Gasteiger partial charge < -0.3 is 14.4 Å². The summed E-state index contributed by atoms with van der Waals surface area (Å²) in [6.45, 7) is 6.31. The van der Waals surface area contributed by atoms with Gasteiger partial charge in [0.1, 0.15) is 0 Å². The van der Waals surface area contributed by atoms with Gasteiger partial charge in [-0.3, -0.25) is 9.69 Å². The van der Waals surface area contributed by atoms with Crippen molar-refractivity contribution in [3.05, 3.63) is 41.7 Å². The summed E-state index contributed by atoms with van der Waals surface area (Å²) in [5, 5.41) is 0. The van der Waals surface area contributed by atoms with Crippen molar-refractivity contribution in [2.75, 3.05) is 37.9 Å². The lowest BCUT2D eigenvalue weighted by Gasteiger charge is -2.34. The Balaban J connectivity index is 1.34. The summed E-state index contributed by atoms with van der Waals surface area (Å²) in [5.41, 5.74) is 1.77. The molecule has 1 aromatic heterocycles. The number of fused-ring (bicyclic) bond motifs is 1. The van der Waals surface area contributed by atoms with Gasteiger partial charge in [0.2, 0.25) is 12.7 Å². The van der Waals surface area contributed by atoms with Crippen LogP contribution in [-0.4, -0.2) is 53.6 Å². The van der Waals surface area contributed by atoms with E-state index >= 15 is 0 Å². The summed E-state index contributed by atoms with van der Waals surface area (Å²) in [6.07, 6.45) is 3.20. The Morgan fingerprint density at radius 2 is 1.80 bits per heavy atom. The van der Waals surface area contributed by atoms with E-state index in [1.54, 1.807) is 12.4 Å². The first-order valence-corrected chi connectivity index (χ1v) is 8.38. The maximum Gasteiger partial charge on any atom is 0.231 e. The van der Waals surface area contributed by atoms with Crippen molar-refractivity contribution < 1.29 is 14.3 Å². The average molecular weight is 340 g/mol. The molecule has 7 heteroatoms. The number of nitrogens with zero attached hydrogens (tertiary/aromatic N) is 4. The van der Waals surface area contributed by atoms with Gasteiger partial charge in [0.05, 0.1) is 5.56 Å². The van der Waals surface area contributed by atoms with Crippen LogP contribution in [0.15, 0.2) is 30.6 Å². The highest BCUT2D eigenvalue weighted by atomic mass is 16.7. The molecule has 1 aromatic carbocycles. The quantitative estimate of drug-likeness (QED) is 0.785. The third kappa shape index (κ3) is 3.41. The van der Waals surface area contributed by atoms with E-state index in [0.29, 0.717) is 18.3 Å². The van der Waals surface area contributed by atoms with E-state index < -0.39 is 0 Å². The summed E-state index contributed by atoms with van der Waals surface area (Å²) in [4.78, 5) is 24.5. The number of hydrogen-bond acceptors (Lipinski definition) is 7. The molecule has 2 aromatic rings. The Kier molecular flexibility index (Phi) is 4.23. The van der Waals surface area contributed by atoms with Crippen molar-refractivity contribution in [1.82, 2.24) is 14.9 Å². The molecule has 0 bridgehead atoms. The third-order valence-corrected chi connectivity index (χ3v) is 4.54. The molecule has 0 N–H and O–H groups in total. The SMILES string of the molecule is CC(=O)c1cnc(N2CCN(Cc3ccc4c(c3)OCO4)CC2)nc1. The van der Waals surface area contributed by atoms with Crippen molar-refractivity contribution in [1.29, 1.82) is 0 Å². The van der Waals surface area contributed by atoms with Crippen LogP contribution in [0.5, 0.6) is 11.5 Å². The third-order valence-electron chi connectivity index (χ3n) is 4.54. The van der Waals surface area contributed by atoms with Crippen molar-refractivity contribution in [2.45, 2.75) is 13.5 Å². The van der Waals surface area contributed by atoms with E-state index in [1.807, 2.05) is 6.07 Å². The summed E-state index contributed by atoms with van der Waals surface area (Å²) in [6, 6.07) is 6.11. The molecule has 0 spiro atoms. The monoisotopic (exact) mass is 340 g/mol. The topological polar surface area (TPSA) is 67.8 Å². The molecule has 25 heavy (non-hydrogen) atoms. The van der Waals surface area contributed by atoms with Gasteiger partial charge in [0, 0.05) is 45.1 Å². The Hall–Kier alpha value is -2.67. The molecule has 0 amide bonds. The van der Waals surface area contributed by atoms with Crippen LogP contribution in [0.2, 0.25) is 0 Å². The zero-order valence-corrected chi connectivity index (χ0v) is 14.1. The first kappa shape index (κ1) is 15.8. The Bertz CT molecular complexity index is 770. The number of carbonyl (C=O) groups excluding carboxylic acids is 1. The fraction of sp³-hybridized carbons (Fsp3) is 0.389. The number of Topliss-reactive ketones (excluding diaryl/α,β-unsaturated/α-hetero) is 1. The highest BCUT2D eigenvalue weighted by Crippen LogP contribution is 2.32. The van der Waals surface area contributed by atoms with Crippen molar-refractivity contribution in [2.24, 2.45) is 0 Å². The van der Waals surface area contributed by atoms with E-state index in [1.165, 1.54) is 12.5 Å². The fourth-order valence-electron chi connectivity index (χ4n) is 3.07. The van der Waals surface area contributed by atoms with Gasteiger partial charge in [-0.2, -0.15) is 0 Å². The summed E-state index contributed by atoms with van der Waals surface area (Å²) in [5.74, 6) is 2.32. The number of carbonyl (C=O) groups is 1. The van der Waals surface area contributed by atoms with Gasteiger partial charge in [-0.15, -0.1) is 0 Å². The summed E-state index contributed by atoms with van der Waals surface area (Å²) < 4.78 is 10.8. The molecule has 2 aliphatic heterocycles. The van der Waals surface area contributed by atoms with Crippen LogP contribution in [0.3, 0.4) is 0 Å². The highest BCUT2D eigenvalue weighted by Gasteiger charge is 2.20. The molecular weight excluding hydrogens is 320 g/mol. The number of aromatic nitrogens is 2. The standard InChI is InChI=1S/C18H20N4O3/c1-13(23)15-9-19-18(20-10-15)22-6-4-21(5-7-22)11-14-2-3-16-17(8-14)25-12-24-16/h2-3,8-10H,4-7,11-12H2,1H3. The molecule has 0 unspecified atom stereocenters. The van der Waals surface area contributed by atoms with Crippen LogP contribution >= 0.6 is 0 Å². The zero-order valence-electron chi connectivity index (χ0n) is 14.1. The van der Waals surface area contributed by atoms with Crippen LogP contribution in [0.1, 0.15) is 22.8 Å². The minimum atomic E-state index is -0.0138. The maximum absolute atomic E-state index is 11.3. The van der Waals surface area contributed by atoms with Gasteiger partial charge in [0.15, 0.2) is 17.3 Å². The number of rotatable bonds is 4. The lowest BCUT2D eigenvalue weighted by atomic mass is 10.1. The Morgan fingerprint density at radius 3 is 2.52 bits per heavy atom. The van der Waals surface area contributed by atoms with E-state index in [4.69, 9.17) is 9.47 Å². The second-order valence-electron chi connectivity index (χ2n) is 6.28. The van der Waals surface area contributed by atoms with Crippen molar-refractivity contribution in [3.63, 3.8) is 0 Å². The molecule has 0 aliphatic carbocycles. The number of ketones is 1. The minimum absolute atomic E-state index is 0.0138. The number of hydrogen-bond donors (Lipinski definition) is 0. The molecule has 0 saturated carbocycles. The molecule has 0 radical (unpaired) electrons. The molecule has 7 nitrogen and oxygen atoms in total. The van der Waals surface area contributed by atoms with E-state index in [0.717, 1.165) is 44.2 Å². The minimum Gasteiger partial charge on any atom is -0.454 e. The van der Waals surface area contributed by atoms with Crippen LogP contribution in [0, 0.1) is 0 Å². The number of ether oxygens (including phenoxy) is 2. The van der Waals surface area contributed by atoms with Crippen LogP contribution in [0.25, 0.3) is 0 Å². The Morgan fingerprint density at radius 1 is 1.08 bits per heavy atom. The molecule has 1 fully saturated rings. The van der Waals surface area contributed by atoms with E-state index in [9.17, 15) is 4.79 Å². The average Bonchev–Trinajstić information content (AvgIpc) is 3.10. The second kappa shape index (κ2) is 6.68. The predicted molar refractivity (Wildman–Crippen MR) is 92.1 cm³/mol. The van der Waals surface area contributed by atoms with E-state index in [-0.39, 0.29) is 5.78 Å². The van der Waals surface area contributed by atoms with Crippen LogP contribution in [-0.2, 0) is 6.54 Å². The molecular formula is C18H20N4O3. The smallest absolute Gasteiger partial charge is 0.231 e. The molecule has 1 saturated heterocycles. The summed E-state index contributed by atoms with van der Waals surface area (Å²) in [7, 11) is 0. The molecule has 3 heterocycles. The van der Waals surface area contributed by atoms with Gasteiger partial charge in [-0.25, -0.2) is 9.97 Å². The molecule has 130 valence electrons. The van der Waals surface area contributed by atoms with Gasteiger partial charge in [0.25, 0.3) is 0 Å². The van der Waals surface area contributed by atoms with Crippen LogP contribution < -0.4 is 14.4 Å². The second-order valence-corrected chi connectivity index (χ2v) is 6.28. The zero-order chi connectivity index (χ0) is 17.2.